The molecule has 0 aliphatic heterocycles. The standard InChI is InChI=1S/C20H18Cl2N4O2S3/c21-15-5-1-13(2-6-15)9-23-17(27)11-29-19-25-26-20(31-19)30-12-18(28)24-10-14-3-7-16(22)8-4-14/h1-8H,9-12H2,(H,23,27)(H,24,28). The first-order valence-electron chi connectivity index (χ1n) is 9.09. The van der Waals surface area contributed by atoms with E-state index in [-0.39, 0.29) is 23.3 Å². The van der Waals surface area contributed by atoms with Gasteiger partial charge in [-0.3, -0.25) is 9.59 Å². The Bertz CT molecular complexity index is 934. The largest absolute Gasteiger partial charge is 0.351 e. The zero-order chi connectivity index (χ0) is 22.1. The minimum Gasteiger partial charge on any atom is -0.351 e. The molecular weight excluding hydrogens is 495 g/mol. The van der Waals surface area contributed by atoms with Crippen LogP contribution in [0.4, 0.5) is 0 Å². The number of thioether (sulfide) groups is 2. The summed E-state index contributed by atoms with van der Waals surface area (Å²) in [5, 5.41) is 15.2. The highest BCUT2D eigenvalue weighted by Gasteiger charge is 2.10. The molecular formula is C20H18Cl2N4O2S3. The molecule has 0 aliphatic rings. The minimum atomic E-state index is -0.0917. The Morgan fingerprint density at radius 3 is 1.52 bits per heavy atom. The van der Waals surface area contributed by atoms with Gasteiger partial charge in [-0.1, -0.05) is 82.3 Å². The van der Waals surface area contributed by atoms with Crippen molar-refractivity contribution in [3.63, 3.8) is 0 Å². The lowest BCUT2D eigenvalue weighted by molar-refractivity contribution is -0.119. The minimum absolute atomic E-state index is 0.0917. The summed E-state index contributed by atoms with van der Waals surface area (Å²) in [6.45, 7) is 0.887. The van der Waals surface area contributed by atoms with Crippen LogP contribution >= 0.6 is 58.1 Å². The van der Waals surface area contributed by atoms with E-state index in [9.17, 15) is 9.59 Å². The van der Waals surface area contributed by atoms with Gasteiger partial charge < -0.3 is 10.6 Å². The first kappa shape index (κ1) is 23.9. The van der Waals surface area contributed by atoms with E-state index in [1.807, 2.05) is 24.3 Å². The fraction of sp³-hybridized carbons (Fsp3) is 0.200. The third-order valence-corrected chi connectivity index (χ3v) is 7.54. The van der Waals surface area contributed by atoms with Gasteiger partial charge in [0.2, 0.25) is 11.8 Å². The summed E-state index contributed by atoms with van der Waals surface area (Å²) in [6, 6.07) is 14.6. The summed E-state index contributed by atoms with van der Waals surface area (Å²) < 4.78 is 1.37. The lowest BCUT2D eigenvalue weighted by Gasteiger charge is -2.04. The molecule has 0 saturated carbocycles. The molecule has 3 rings (SSSR count). The number of nitrogens with one attached hydrogen (secondary N) is 2. The summed E-state index contributed by atoms with van der Waals surface area (Å²) in [6.07, 6.45) is 0. The van der Waals surface area contributed by atoms with Crippen LogP contribution in [-0.4, -0.2) is 33.5 Å². The topological polar surface area (TPSA) is 84.0 Å². The van der Waals surface area contributed by atoms with Crippen LogP contribution < -0.4 is 10.6 Å². The van der Waals surface area contributed by atoms with Gasteiger partial charge in [-0.15, -0.1) is 10.2 Å². The van der Waals surface area contributed by atoms with Crippen LogP contribution in [0.25, 0.3) is 0 Å². The molecule has 6 nitrogen and oxygen atoms in total. The van der Waals surface area contributed by atoms with Crippen LogP contribution in [-0.2, 0) is 22.7 Å². The van der Waals surface area contributed by atoms with Gasteiger partial charge in [0, 0.05) is 23.1 Å². The fourth-order valence-electron chi connectivity index (χ4n) is 2.28. The van der Waals surface area contributed by atoms with E-state index in [0.717, 1.165) is 11.1 Å². The maximum Gasteiger partial charge on any atom is 0.230 e. The number of halogens is 2. The quantitative estimate of drug-likeness (QED) is 0.384. The third kappa shape index (κ3) is 8.70. The molecule has 0 spiro atoms. The lowest BCUT2D eigenvalue weighted by atomic mass is 10.2. The molecule has 1 heterocycles. The van der Waals surface area contributed by atoms with Crippen LogP contribution in [0.5, 0.6) is 0 Å². The molecule has 2 N–H and O–H groups in total. The Labute approximate surface area is 202 Å². The predicted octanol–water partition coefficient (Wildman–Crippen LogP) is 4.66. The monoisotopic (exact) mass is 512 g/mol. The van der Waals surface area contributed by atoms with Crippen molar-refractivity contribution < 1.29 is 9.59 Å². The van der Waals surface area contributed by atoms with Gasteiger partial charge in [-0.05, 0) is 35.4 Å². The van der Waals surface area contributed by atoms with Gasteiger partial charge >= 0.3 is 0 Å². The molecule has 0 atom stereocenters. The molecule has 0 unspecified atom stereocenters. The number of nitrogens with zero attached hydrogens (tertiary/aromatic N) is 2. The van der Waals surface area contributed by atoms with E-state index in [1.54, 1.807) is 24.3 Å². The van der Waals surface area contributed by atoms with E-state index in [4.69, 9.17) is 23.2 Å². The summed E-state index contributed by atoms with van der Waals surface area (Å²) >= 11 is 15.7. The van der Waals surface area contributed by atoms with Crippen molar-refractivity contribution in [1.82, 2.24) is 20.8 Å². The van der Waals surface area contributed by atoms with Gasteiger partial charge in [0.15, 0.2) is 8.68 Å². The van der Waals surface area contributed by atoms with Gasteiger partial charge in [-0.2, -0.15) is 0 Å². The van der Waals surface area contributed by atoms with Crippen molar-refractivity contribution in [2.24, 2.45) is 0 Å². The zero-order valence-corrected chi connectivity index (χ0v) is 20.1. The molecule has 1 aromatic heterocycles. The number of aromatic nitrogens is 2. The van der Waals surface area contributed by atoms with Gasteiger partial charge in [-0.25, -0.2) is 0 Å². The van der Waals surface area contributed by atoms with Crippen LogP contribution in [0.3, 0.4) is 0 Å². The Hall–Kier alpha value is -1.78. The zero-order valence-electron chi connectivity index (χ0n) is 16.1. The first-order valence-corrected chi connectivity index (χ1v) is 12.6. The molecule has 0 radical (unpaired) electrons. The van der Waals surface area contributed by atoms with Crippen molar-refractivity contribution in [2.45, 2.75) is 21.8 Å². The number of benzene rings is 2. The average molecular weight is 513 g/mol. The van der Waals surface area contributed by atoms with Crippen molar-refractivity contribution in [2.75, 3.05) is 11.5 Å². The van der Waals surface area contributed by atoms with Gasteiger partial charge in [0.25, 0.3) is 0 Å². The molecule has 2 aromatic carbocycles. The molecule has 31 heavy (non-hydrogen) atoms. The molecule has 2 amide bonds. The average Bonchev–Trinajstić information content (AvgIpc) is 3.23. The smallest absolute Gasteiger partial charge is 0.230 e. The van der Waals surface area contributed by atoms with E-state index in [1.165, 1.54) is 34.9 Å². The summed E-state index contributed by atoms with van der Waals surface area (Å²) in [5.74, 6) is 0.306. The number of carbonyl (C=O) groups is 2. The van der Waals surface area contributed by atoms with Crippen LogP contribution in [0.15, 0.2) is 57.2 Å². The summed E-state index contributed by atoms with van der Waals surface area (Å²) in [7, 11) is 0. The molecule has 11 heteroatoms. The van der Waals surface area contributed by atoms with E-state index in [2.05, 4.69) is 20.8 Å². The number of carbonyl (C=O) groups excluding carboxylic acids is 2. The number of hydrogen-bond donors (Lipinski definition) is 2. The predicted molar refractivity (Wildman–Crippen MR) is 128 cm³/mol. The van der Waals surface area contributed by atoms with Crippen molar-refractivity contribution >= 4 is 69.9 Å². The van der Waals surface area contributed by atoms with Crippen molar-refractivity contribution in [3.05, 3.63) is 69.7 Å². The van der Waals surface area contributed by atoms with Crippen LogP contribution in [0.2, 0.25) is 10.0 Å². The number of rotatable bonds is 10. The van der Waals surface area contributed by atoms with E-state index >= 15 is 0 Å². The van der Waals surface area contributed by atoms with Crippen LogP contribution in [0.1, 0.15) is 11.1 Å². The maximum atomic E-state index is 12.0. The number of hydrogen-bond acceptors (Lipinski definition) is 7. The molecule has 162 valence electrons. The normalized spacial score (nSPS) is 10.6. The van der Waals surface area contributed by atoms with Crippen molar-refractivity contribution in [3.8, 4) is 0 Å². The summed E-state index contributed by atoms with van der Waals surface area (Å²) in [4.78, 5) is 24.0. The van der Waals surface area contributed by atoms with Gasteiger partial charge in [0.05, 0.1) is 11.5 Å². The third-order valence-electron chi connectivity index (χ3n) is 3.85. The van der Waals surface area contributed by atoms with E-state index in [0.29, 0.717) is 31.8 Å². The Morgan fingerprint density at radius 1 is 0.742 bits per heavy atom. The van der Waals surface area contributed by atoms with E-state index < -0.39 is 0 Å². The summed E-state index contributed by atoms with van der Waals surface area (Å²) in [5.41, 5.74) is 1.96. The lowest BCUT2D eigenvalue weighted by Crippen LogP contribution is -2.24. The fourth-order valence-corrected chi connectivity index (χ4v) is 5.21. The molecule has 0 bridgehead atoms. The number of amides is 2. The second-order valence-electron chi connectivity index (χ2n) is 6.22. The highest BCUT2D eigenvalue weighted by atomic mass is 35.5. The Balaban J connectivity index is 1.33. The molecule has 0 aliphatic carbocycles. The highest BCUT2D eigenvalue weighted by Crippen LogP contribution is 2.28. The highest BCUT2D eigenvalue weighted by molar-refractivity contribution is 8.03. The Morgan fingerprint density at radius 2 is 1.13 bits per heavy atom. The Kier molecular flexibility index (Phi) is 9.48. The SMILES string of the molecule is O=C(CSc1nnc(SCC(=O)NCc2ccc(Cl)cc2)s1)NCc1ccc(Cl)cc1. The van der Waals surface area contributed by atoms with Crippen LogP contribution in [0, 0.1) is 0 Å². The van der Waals surface area contributed by atoms with Gasteiger partial charge in [0.1, 0.15) is 0 Å². The maximum absolute atomic E-state index is 12.0. The second kappa shape index (κ2) is 12.3. The molecule has 3 aromatic rings. The second-order valence-corrected chi connectivity index (χ2v) is 10.5. The molecule has 0 fully saturated rings. The first-order chi connectivity index (χ1) is 15.0. The van der Waals surface area contributed by atoms with Crippen molar-refractivity contribution in [1.29, 1.82) is 0 Å². The molecule has 0 saturated heterocycles.